The van der Waals surface area contributed by atoms with Gasteiger partial charge in [0.05, 0.1) is 12.1 Å². The van der Waals surface area contributed by atoms with Gasteiger partial charge in [-0.3, -0.25) is 19.3 Å². The van der Waals surface area contributed by atoms with Crippen LogP contribution in [0.5, 0.6) is 0 Å². The molecule has 2 aromatic carbocycles. The van der Waals surface area contributed by atoms with Crippen molar-refractivity contribution in [3.05, 3.63) is 71.0 Å². The van der Waals surface area contributed by atoms with Crippen molar-refractivity contribution in [2.75, 3.05) is 0 Å². The van der Waals surface area contributed by atoms with Crippen LogP contribution in [0, 0.1) is 5.82 Å². The normalized spacial score (nSPS) is 14.3. The largest absolute Gasteiger partial charge is 0.302 e. The SMILES string of the molecule is O=C1C(=O)N(Cc2cccc(F)c2)C(=O)c2ccccc21. The number of imide groups is 1. The quantitative estimate of drug-likeness (QED) is 0.627. The first kappa shape index (κ1) is 13.2. The number of amides is 2. The number of hydrogen-bond donors (Lipinski definition) is 0. The number of hydrogen-bond acceptors (Lipinski definition) is 3. The van der Waals surface area contributed by atoms with Gasteiger partial charge in [-0.2, -0.15) is 0 Å². The van der Waals surface area contributed by atoms with Crippen molar-refractivity contribution in [1.29, 1.82) is 0 Å². The van der Waals surface area contributed by atoms with Gasteiger partial charge in [-0.15, -0.1) is 0 Å². The van der Waals surface area contributed by atoms with Crippen LogP contribution < -0.4 is 0 Å². The van der Waals surface area contributed by atoms with Crippen LogP contribution in [0.25, 0.3) is 0 Å². The van der Waals surface area contributed by atoms with Crippen LogP contribution in [0.2, 0.25) is 0 Å². The molecule has 0 saturated heterocycles. The van der Waals surface area contributed by atoms with E-state index >= 15 is 0 Å². The Kier molecular flexibility index (Phi) is 3.10. The van der Waals surface area contributed by atoms with Crippen LogP contribution in [0.3, 0.4) is 0 Å². The van der Waals surface area contributed by atoms with Gasteiger partial charge in [0, 0.05) is 5.56 Å². The third-order valence-corrected chi connectivity index (χ3v) is 3.32. The van der Waals surface area contributed by atoms with E-state index in [2.05, 4.69) is 0 Å². The smallest absolute Gasteiger partial charge is 0.283 e. The summed E-state index contributed by atoms with van der Waals surface area (Å²) in [6, 6.07) is 11.7. The third-order valence-electron chi connectivity index (χ3n) is 3.32. The molecule has 0 bridgehead atoms. The molecule has 1 heterocycles. The van der Waals surface area contributed by atoms with Gasteiger partial charge in [-0.25, -0.2) is 4.39 Å². The summed E-state index contributed by atoms with van der Waals surface area (Å²) in [5.41, 5.74) is 0.755. The molecule has 0 radical (unpaired) electrons. The minimum Gasteiger partial charge on any atom is -0.283 e. The number of carbonyl (C=O) groups excluding carboxylic acids is 3. The number of fused-ring (bicyclic) bond motifs is 1. The van der Waals surface area contributed by atoms with Crippen LogP contribution >= 0.6 is 0 Å². The Labute approximate surface area is 119 Å². The minimum atomic E-state index is -0.886. The monoisotopic (exact) mass is 283 g/mol. The van der Waals surface area contributed by atoms with Gasteiger partial charge in [-0.1, -0.05) is 30.3 Å². The van der Waals surface area contributed by atoms with Crippen molar-refractivity contribution in [2.24, 2.45) is 0 Å². The third kappa shape index (κ3) is 2.23. The standard InChI is InChI=1S/C16H10FNO3/c17-11-5-3-4-10(8-11)9-18-15(20)13-7-2-1-6-12(13)14(19)16(18)21/h1-8H,9H2. The molecule has 4 nitrogen and oxygen atoms in total. The van der Waals surface area contributed by atoms with Crippen molar-refractivity contribution in [3.8, 4) is 0 Å². The van der Waals surface area contributed by atoms with Crippen LogP contribution in [0.1, 0.15) is 26.3 Å². The van der Waals surface area contributed by atoms with E-state index in [9.17, 15) is 18.8 Å². The number of Topliss-reactive ketones (excluding diaryl/α,β-unsaturated/α-hetero) is 1. The number of rotatable bonds is 2. The van der Waals surface area contributed by atoms with E-state index in [1.54, 1.807) is 18.2 Å². The first-order valence-electron chi connectivity index (χ1n) is 6.32. The maximum atomic E-state index is 13.2. The molecular formula is C16H10FNO3. The fourth-order valence-electron chi connectivity index (χ4n) is 2.30. The zero-order valence-electron chi connectivity index (χ0n) is 10.9. The number of halogens is 1. The van der Waals surface area contributed by atoms with E-state index in [1.807, 2.05) is 0 Å². The molecule has 0 unspecified atom stereocenters. The Hall–Kier alpha value is -2.82. The summed E-state index contributed by atoms with van der Waals surface area (Å²) in [5, 5.41) is 0. The van der Waals surface area contributed by atoms with Gasteiger partial charge in [0.15, 0.2) is 0 Å². The first-order chi connectivity index (χ1) is 10.1. The predicted octanol–water partition coefficient (Wildman–Crippen LogP) is 2.19. The van der Waals surface area contributed by atoms with Crippen LogP contribution in [-0.4, -0.2) is 22.5 Å². The molecule has 5 heteroatoms. The highest BCUT2D eigenvalue weighted by Crippen LogP contribution is 2.21. The van der Waals surface area contributed by atoms with E-state index in [4.69, 9.17) is 0 Å². The molecule has 0 spiro atoms. The molecule has 0 aromatic heterocycles. The minimum absolute atomic E-state index is 0.114. The molecule has 0 aliphatic carbocycles. The highest BCUT2D eigenvalue weighted by molar-refractivity contribution is 6.49. The van der Waals surface area contributed by atoms with Crippen LogP contribution in [-0.2, 0) is 11.3 Å². The maximum Gasteiger partial charge on any atom is 0.302 e. The summed E-state index contributed by atoms with van der Waals surface area (Å²) in [4.78, 5) is 37.2. The van der Waals surface area contributed by atoms with Crippen molar-refractivity contribution >= 4 is 17.6 Å². The zero-order valence-corrected chi connectivity index (χ0v) is 10.9. The van der Waals surface area contributed by atoms with E-state index in [0.29, 0.717) is 5.56 Å². The Morgan fingerprint density at radius 1 is 0.857 bits per heavy atom. The lowest BCUT2D eigenvalue weighted by molar-refractivity contribution is -0.124. The van der Waals surface area contributed by atoms with Crippen LogP contribution in [0.4, 0.5) is 4.39 Å². The Bertz CT molecular complexity index is 770. The number of nitrogens with zero attached hydrogens (tertiary/aromatic N) is 1. The lowest BCUT2D eigenvalue weighted by Crippen LogP contribution is -2.45. The summed E-state index contributed by atoms with van der Waals surface area (Å²) < 4.78 is 13.2. The fraction of sp³-hybridized carbons (Fsp3) is 0.0625. The summed E-state index contributed by atoms with van der Waals surface area (Å²) in [6.45, 7) is -0.129. The molecule has 2 aromatic rings. The Balaban J connectivity index is 1.99. The molecule has 3 rings (SSSR count). The van der Waals surface area contributed by atoms with Gasteiger partial charge < -0.3 is 0 Å². The Morgan fingerprint density at radius 2 is 1.57 bits per heavy atom. The molecule has 1 aliphatic rings. The van der Waals surface area contributed by atoms with Crippen molar-refractivity contribution in [1.82, 2.24) is 4.90 Å². The lowest BCUT2D eigenvalue weighted by Gasteiger charge is -2.25. The van der Waals surface area contributed by atoms with Crippen LogP contribution in [0.15, 0.2) is 48.5 Å². The molecule has 0 saturated carbocycles. The summed E-state index contributed by atoms with van der Waals surface area (Å²) >= 11 is 0. The van der Waals surface area contributed by atoms with Crippen molar-refractivity contribution in [2.45, 2.75) is 6.54 Å². The highest BCUT2D eigenvalue weighted by atomic mass is 19.1. The first-order valence-corrected chi connectivity index (χ1v) is 6.32. The van der Waals surface area contributed by atoms with Gasteiger partial charge >= 0.3 is 5.91 Å². The summed E-state index contributed by atoms with van der Waals surface area (Å²) in [6.07, 6.45) is 0. The summed E-state index contributed by atoms with van der Waals surface area (Å²) in [7, 11) is 0. The van der Waals surface area contributed by atoms with Crippen molar-refractivity contribution in [3.63, 3.8) is 0 Å². The second-order valence-electron chi connectivity index (χ2n) is 4.70. The summed E-state index contributed by atoms with van der Waals surface area (Å²) in [5.74, 6) is -2.61. The lowest BCUT2D eigenvalue weighted by atomic mass is 9.97. The zero-order chi connectivity index (χ0) is 15.0. The van der Waals surface area contributed by atoms with Gasteiger partial charge in [-0.05, 0) is 23.8 Å². The average Bonchev–Trinajstić information content (AvgIpc) is 2.49. The predicted molar refractivity (Wildman–Crippen MR) is 72.1 cm³/mol. The molecule has 2 amide bonds. The molecule has 21 heavy (non-hydrogen) atoms. The van der Waals surface area contributed by atoms with E-state index in [0.717, 1.165) is 4.90 Å². The number of carbonyl (C=O) groups is 3. The molecule has 104 valence electrons. The maximum absolute atomic E-state index is 13.2. The Morgan fingerprint density at radius 3 is 2.29 bits per heavy atom. The number of benzene rings is 2. The van der Waals surface area contributed by atoms with E-state index in [-0.39, 0.29) is 17.7 Å². The topological polar surface area (TPSA) is 54.5 Å². The van der Waals surface area contributed by atoms with Crippen molar-refractivity contribution < 1.29 is 18.8 Å². The number of ketones is 1. The molecular weight excluding hydrogens is 273 g/mol. The highest BCUT2D eigenvalue weighted by Gasteiger charge is 2.37. The molecule has 0 N–H and O–H groups in total. The molecule has 1 aliphatic heterocycles. The average molecular weight is 283 g/mol. The van der Waals surface area contributed by atoms with Gasteiger partial charge in [0.1, 0.15) is 5.82 Å². The van der Waals surface area contributed by atoms with Gasteiger partial charge in [0.25, 0.3) is 11.7 Å². The second-order valence-corrected chi connectivity index (χ2v) is 4.70. The van der Waals surface area contributed by atoms with E-state index < -0.39 is 23.4 Å². The molecule has 0 fully saturated rings. The second kappa shape index (κ2) is 4.94. The molecule has 0 atom stereocenters. The van der Waals surface area contributed by atoms with E-state index in [1.165, 1.54) is 30.3 Å². The van der Waals surface area contributed by atoms with Gasteiger partial charge in [0.2, 0.25) is 0 Å². The fourth-order valence-corrected chi connectivity index (χ4v) is 2.30.